The molecule has 18 heavy (non-hydrogen) atoms. The fraction of sp³-hybridized carbons (Fsp3) is 0.533. The Morgan fingerprint density at radius 3 is 2.39 bits per heavy atom. The van der Waals surface area contributed by atoms with Crippen LogP contribution in [0, 0.1) is 0 Å². The van der Waals surface area contributed by atoms with Crippen molar-refractivity contribution >= 4 is 5.97 Å². The molecule has 3 heteroatoms. The monoisotopic (exact) mass is 250 g/mol. The number of hydrogen-bond acceptors (Lipinski definition) is 3. The van der Waals surface area contributed by atoms with Crippen LogP contribution in [0.15, 0.2) is 24.3 Å². The van der Waals surface area contributed by atoms with Crippen molar-refractivity contribution in [1.29, 1.82) is 0 Å². The van der Waals surface area contributed by atoms with Crippen LogP contribution in [0.1, 0.15) is 44.6 Å². The van der Waals surface area contributed by atoms with E-state index in [0.29, 0.717) is 12.2 Å². The average Bonchev–Trinajstić information content (AvgIpc) is 2.40. The Kier molecular flexibility index (Phi) is 7.11. The summed E-state index contributed by atoms with van der Waals surface area (Å²) in [5.74, 6) is 0.414. The van der Waals surface area contributed by atoms with E-state index < -0.39 is 0 Å². The molecule has 0 aliphatic rings. The molecule has 0 atom stereocenters. The zero-order chi connectivity index (χ0) is 13.2. The summed E-state index contributed by atoms with van der Waals surface area (Å²) in [5.41, 5.74) is 1.26. The third-order valence-corrected chi connectivity index (χ3v) is 2.82. The minimum Gasteiger partial charge on any atom is -0.427 e. The van der Waals surface area contributed by atoms with Crippen LogP contribution in [0.3, 0.4) is 0 Å². The van der Waals surface area contributed by atoms with Crippen molar-refractivity contribution in [2.75, 3.05) is 6.61 Å². The van der Waals surface area contributed by atoms with Gasteiger partial charge in [-0.15, -0.1) is 0 Å². The Hall–Kier alpha value is -1.35. The molecule has 0 radical (unpaired) electrons. The Balaban J connectivity index is 2.29. The highest BCUT2D eigenvalue weighted by Gasteiger charge is 2.01. The van der Waals surface area contributed by atoms with Crippen molar-refractivity contribution < 1.29 is 14.6 Å². The van der Waals surface area contributed by atoms with Crippen LogP contribution in [0.2, 0.25) is 0 Å². The fourth-order valence-corrected chi connectivity index (χ4v) is 1.72. The van der Waals surface area contributed by atoms with E-state index in [1.54, 1.807) is 6.92 Å². The number of benzene rings is 1. The van der Waals surface area contributed by atoms with E-state index in [-0.39, 0.29) is 12.6 Å². The minimum absolute atomic E-state index is 0.202. The first-order chi connectivity index (χ1) is 8.76. The molecule has 1 N–H and O–H groups in total. The van der Waals surface area contributed by atoms with Gasteiger partial charge in [0, 0.05) is 13.0 Å². The molecule has 0 spiro atoms. The number of aryl methyl sites for hydroxylation is 1. The zero-order valence-electron chi connectivity index (χ0n) is 11.0. The van der Waals surface area contributed by atoms with E-state index in [4.69, 9.17) is 9.84 Å². The van der Waals surface area contributed by atoms with Crippen molar-refractivity contribution in [2.45, 2.75) is 45.4 Å². The molecule has 0 aliphatic heterocycles. The molecular formula is C15H22O3. The molecule has 1 rings (SSSR count). The highest BCUT2D eigenvalue weighted by molar-refractivity contribution is 5.71. The van der Waals surface area contributed by atoms with Gasteiger partial charge in [-0.25, -0.2) is 0 Å². The van der Waals surface area contributed by atoms with Crippen molar-refractivity contribution in [3.63, 3.8) is 0 Å². The normalized spacial score (nSPS) is 10.3. The lowest BCUT2D eigenvalue weighted by Crippen LogP contribution is -2.05. The predicted octanol–water partition coefficient (Wildman–Crippen LogP) is 3.10. The van der Waals surface area contributed by atoms with Crippen molar-refractivity contribution in [2.24, 2.45) is 0 Å². The number of rotatable bonds is 8. The number of unbranched alkanes of at least 4 members (excludes halogenated alkanes) is 3. The van der Waals surface area contributed by atoms with Crippen LogP contribution >= 0.6 is 0 Å². The minimum atomic E-state index is -0.202. The molecule has 0 aromatic heterocycles. The van der Waals surface area contributed by atoms with Crippen LogP contribution in [0.4, 0.5) is 0 Å². The van der Waals surface area contributed by atoms with Crippen LogP contribution in [-0.2, 0) is 11.2 Å². The third-order valence-electron chi connectivity index (χ3n) is 2.82. The molecule has 0 heterocycles. The summed E-state index contributed by atoms with van der Waals surface area (Å²) in [5, 5.41) is 8.66. The molecule has 0 amide bonds. The molecule has 0 unspecified atom stereocenters. The van der Waals surface area contributed by atoms with E-state index in [0.717, 1.165) is 32.1 Å². The highest BCUT2D eigenvalue weighted by atomic mass is 16.5. The number of carbonyl (C=O) groups is 1. The summed E-state index contributed by atoms with van der Waals surface area (Å²) in [6.45, 7) is 2.07. The largest absolute Gasteiger partial charge is 0.427 e. The maximum absolute atomic E-state index is 11.1. The Bertz CT molecular complexity index is 343. The topological polar surface area (TPSA) is 46.5 Å². The fourth-order valence-electron chi connectivity index (χ4n) is 1.72. The number of aliphatic hydroxyl groups excluding tert-OH is 1. The molecule has 0 bridgehead atoms. The Labute approximate surface area is 109 Å². The van der Waals surface area contributed by atoms with Gasteiger partial charge in [-0.05, 0) is 37.0 Å². The van der Waals surface area contributed by atoms with Crippen molar-refractivity contribution in [3.8, 4) is 5.75 Å². The predicted molar refractivity (Wildman–Crippen MR) is 71.6 cm³/mol. The van der Waals surface area contributed by atoms with Crippen molar-refractivity contribution in [1.82, 2.24) is 0 Å². The third kappa shape index (κ3) is 5.82. The van der Waals surface area contributed by atoms with Gasteiger partial charge in [0.15, 0.2) is 0 Å². The molecule has 1 aromatic carbocycles. The SMILES string of the molecule is CCC(=O)Oc1ccc(CCCCCCO)cc1. The number of carbonyl (C=O) groups excluding carboxylic acids is 1. The second kappa shape index (κ2) is 8.70. The molecule has 3 nitrogen and oxygen atoms in total. The first kappa shape index (κ1) is 14.7. The van der Waals surface area contributed by atoms with E-state index >= 15 is 0 Å². The standard InChI is InChI=1S/C15H22O3/c1-2-15(17)18-14-10-8-13(9-11-14)7-5-3-4-6-12-16/h8-11,16H,2-7,12H2,1H3. The van der Waals surface area contributed by atoms with E-state index in [1.165, 1.54) is 5.56 Å². The quantitative estimate of drug-likeness (QED) is 0.438. The van der Waals surface area contributed by atoms with E-state index in [2.05, 4.69) is 0 Å². The van der Waals surface area contributed by atoms with E-state index in [1.807, 2.05) is 24.3 Å². The molecule has 0 fully saturated rings. The average molecular weight is 250 g/mol. The Morgan fingerprint density at radius 2 is 1.78 bits per heavy atom. The maximum Gasteiger partial charge on any atom is 0.310 e. The lowest BCUT2D eigenvalue weighted by molar-refractivity contribution is -0.134. The smallest absolute Gasteiger partial charge is 0.310 e. The first-order valence-corrected chi connectivity index (χ1v) is 6.66. The van der Waals surface area contributed by atoms with Gasteiger partial charge in [0.2, 0.25) is 0 Å². The van der Waals surface area contributed by atoms with Gasteiger partial charge in [0.05, 0.1) is 0 Å². The van der Waals surface area contributed by atoms with Crippen molar-refractivity contribution in [3.05, 3.63) is 29.8 Å². The number of hydrogen-bond donors (Lipinski definition) is 1. The zero-order valence-corrected chi connectivity index (χ0v) is 11.0. The second-order valence-electron chi connectivity index (χ2n) is 4.36. The summed E-state index contributed by atoms with van der Waals surface area (Å²) in [6.07, 6.45) is 5.69. The summed E-state index contributed by atoms with van der Waals surface area (Å²) in [7, 11) is 0. The van der Waals surface area contributed by atoms with Gasteiger partial charge in [0.25, 0.3) is 0 Å². The first-order valence-electron chi connectivity index (χ1n) is 6.66. The summed E-state index contributed by atoms with van der Waals surface area (Å²) < 4.78 is 5.11. The van der Waals surface area contributed by atoms with Gasteiger partial charge in [-0.2, -0.15) is 0 Å². The van der Waals surface area contributed by atoms with Crippen LogP contribution in [-0.4, -0.2) is 17.7 Å². The number of esters is 1. The summed E-state index contributed by atoms with van der Waals surface area (Å²) in [6, 6.07) is 7.70. The van der Waals surface area contributed by atoms with Gasteiger partial charge >= 0.3 is 5.97 Å². The molecule has 0 saturated heterocycles. The van der Waals surface area contributed by atoms with Gasteiger partial charge in [0.1, 0.15) is 5.75 Å². The van der Waals surface area contributed by atoms with Gasteiger partial charge in [-0.3, -0.25) is 4.79 Å². The van der Waals surface area contributed by atoms with Crippen LogP contribution < -0.4 is 4.74 Å². The Morgan fingerprint density at radius 1 is 1.11 bits per heavy atom. The highest BCUT2D eigenvalue weighted by Crippen LogP contribution is 2.15. The lowest BCUT2D eigenvalue weighted by atomic mass is 10.1. The van der Waals surface area contributed by atoms with Gasteiger partial charge in [-0.1, -0.05) is 31.9 Å². The molecule has 1 aromatic rings. The number of aliphatic hydroxyl groups is 1. The number of ether oxygens (including phenoxy) is 1. The summed E-state index contributed by atoms with van der Waals surface area (Å²) >= 11 is 0. The molecule has 0 saturated carbocycles. The van der Waals surface area contributed by atoms with Crippen LogP contribution in [0.25, 0.3) is 0 Å². The molecule has 0 aliphatic carbocycles. The summed E-state index contributed by atoms with van der Waals surface area (Å²) in [4.78, 5) is 11.1. The maximum atomic E-state index is 11.1. The molecular weight excluding hydrogens is 228 g/mol. The lowest BCUT2D eigenvalue weighted by Gasteiger charge is -2.05. The molecule has 100 valence electrons. The van der Waals surface area contributed by atoms with Gasteiger partial charge < -0.3 is 9.84 Å². The van der Waals surface area contributed by atoms with E-state index in [9.17, 15) is 4.79 Å². The van der Waals surface area contributed by atoms with Crippen LogP contribution in [0.5, 0.6) is 5.75 Å². The second-order valence-corrected chi connectivity index (χ2v) is 4.36.